The van der Waals surface area contributed by atoms with Gasteiger partial charge >= 0.3 is 16.8 Å². The van der Waals surface area contributed by atoms with Crippen molar-refractivity contribution >= 4 is 40.4 Å². The van der Waals surface area contributed by atoms with E-state index in [1.54, 1.807) is 24.3 Å². The lowest BCUT2D eigenvalue weighted by molar-refractivity contribution is -0.138. The minimum atomic E-state index is -1.10. The zero-order valence-electron chi connectivity index (χ0n) is 13.1. The molecule has 10 heteroatoms. The molecular weight excluding hydrogens is 348 g/mol. The summed E-state index contributed by atoms with van der Waals surface area (Å²) in [5.74, 6) is -1.93. The Bertz CT molecular complexity index is 760. The molecule has 2 rings (SSSR count). The van der Waals surface area contributed by atoms with Crippen LogP contribution in [0.1, 0.15) is 5.56 Å². The molecule has 0 saturated carbocycles. The van der Waals surface area contributed by atoms with Crippen LogP contribution in [0, 0.1) is 0 Å². The van der Waals surface area contributed by atoms with Crippen LogP contribution >= 0.6 is 11.8 Å². The monoisotopic (exact) mass is 362 g/mol. The normalized spacial score (nSPS) is 18.2. The number of ether oxygens (including phenoxy) is 1. The highest BCUT2D eigenvalue weighted by Gasteiger charge is 2.45. The zero-order chi connectivity index (χ0) is 18.4. The number of β-lactam (4-membered cyclic amide) rings is 1. The van der Waals surface area contributed by atoms with Gasteiger partial charge in [0.15, 0.2) is 0 Å². The molecule has 2 amide bonds. The minimum absolute atomic E-state index is 0.0848. The van der Waals surface area contributed by atoms with E-state index < -0.39 is 34.1 Å². The Kier molecular flexibility index (Phi) is 6.04. The van der Waals surface area contributed by atoms with Gasteiger partial charge in [-0.15, -0.1) is 0 Å². The topological polar surface area (TPSA) is 138 Å². The van der Waals surface area contributed by atoms with Gasteiger partial charge in [0.25, 0.3) is 0 Å². The molecular formula is C15H14N4O5S. The maximum absolute atomic E-state index is 12.0. The number of esters is 1. The average molecular weight is 362 g/mol. The standard InChI is InChI=1S/C15H14N4O5S/c1-24-14(22)11(19-16)15(23)25-13-10(12(21)18-13)17-9(20)7-8-5-3-2-4-6-8/h2-6,10,13H,7H2,1H3,(H,17,20)(H,18,21)/t10-,13-/m1/s1. The number of hydrogen-bond acceptors (Lipinski definition) is 6. The molecule has 1 fully saturated rings. The van der Waals surface area contributed by atoms with Crippen molar-refractivity contribution in [1.82, 2.24) is 10.6 Å². The van der Waals surface area contributed by atoms with E-state index in [0.717, 1.165) is 12.7 Å². The van der Waals surface area contributed by atoms with Crippen molar-refractivity contribution in [2.45, 2.75) is 17.8 Å². The van der Waals surface area contributed by atoms with Crippen LogP contribution in [0.2, 0.25) is 0 Å². The number of methoxy groups -OCH3 is 1. The van der Waals surface area contributed by atoms with Gasteiger partial charge in [0.05, 0.1) is 13.5 Å². The van der Waals surface area contributed by atoms with Crippen LogP contribution in [0.5, 0.6) is 0 Å². The van der Waals surface area contributed by atoms with Crippen molar-refractivity contribution in [2.75, 3.05) is 7.11 Å². The summed E-state index contributed by atoms with van der Waals surface area (Å²) in [5, 5.41) is 3.29. The third-order valence-corrected chi connectivity index (χ3v) is 4.35. The molecule has 0 spiro atoms. The van der Waals surface area contributed by atoms with Gasteiger partial charge in [0.1, 0.15) is 11.4 Å². The van der Waals surface area contributed by atoms with E-state index in [2.05, 4.69) is 20.2 Å². The van der Waals surface area contributed by atoms with E-state index in [9.17, 15) is 19.2 Å². The van der Waals surface area contributed by atoms with Crippen molar-refractivity contribution in [3.63, 3.8) is 0 Å². The third-order valence-electron chi connectivity index (χ3n) is 3.30. The molecule has 9 nitrogen and oxygen atoms in total. The Hall–Kier alpha value is -2.97. The summed E-state index contributed by atoms with van der Waals surface area (Å²) in [6, 6.07) is 8.02. The van der Waals surface area contributed by atoms with Crippen molar-refractivity contribution in [2.24, 2.45) is 0 Å². The molecule has 1 heterocycles. The van der Waals surface area contributed by atoms with Gasteiger partial charge in [-0.25, -0.2) is 4.79 Å². The maximum Gasteiger partial charge on any atom is 0.452 e. The van der Waals surface area contributed by atoms with Crippen LogP contribution in [0.25, 0.3) is 5.53 Å². The molecule has 0 radical (unpaired) electrons. The predicted octanol–water partition coefficient (Wildman–Crippen LogP) is -0.727. The number of hydrogen-bond donors (Lipinski definition) is 2. The van der Waals surface area contributed by atoms with Crippen molar-refractivity contribution in [3.8, 4) is 0 Å². The number of nitrogens with one attached hydrogen (secondary N) is 2. The van der Waals surface area contributed by atoms with E-state index in [1.165, 1.54) is 0 Å². The second kappa shape index (κ2) is 8.22. The van der Waals surface area contributed by atoms with Crippen LogP contribution in [0.3, 0.4) is 0 Å². The number of rotatable bonds is 6. The lowest BCUT2D eigenvalue weighted by Crippen LogP contribution is -2.68. The Morgan fingerprint density at radius 2 is 2.00 bits per heavy atom. The summed E-state index contributed by atoms with van der Waals surface area (Å²) in [4.78, 5) is 49.4. The smallest absolute Gasteiger partial charge is 0.452 e. The fourth-order valence-corrected chi connectivity index (χ4v) is 3.00. The Morgan fingerprint density at radius 1 is 1.32 bits per heavy atom. The quantitative estimate of drug-likeness (QED) is 0.171. The van der Waals surface area contributed by atoms with Crippen LogP contribution in [0.4, 0.5) is 0 Å². The molecule has 1 aliphatic rings. The van der Waals surface area contributed by atoms with Crippen molar-refractivity contribution in [3.05, 3.63) is 41.4 Å². The fourth-order valence-electron chi connectivity index (χ4n) is 2.03. The van der Waals surface area contributed by atoms with Gasteiger partial charge < -0.3 is 20.9 Å². The summed E-state index contributed by atoms with van der Waals surface area (Å²) in [6.45, 7) is 0. The first kappa shape index (κ1) is 18.4. The number of nitrogens with zero attached hydrogens (tertiary/aromatic N) is 2. The minimum Gasteiger partial charge on any atom is -0.460 e. The SMILES string of the molecule is COC(=O)C(=[N+]=[N-])C(=O)S[C@H]1NC(=O)[C@H]1NC(=O)Cc1ccccc1. The van der Waals surface area contributed by atoms with Gasteiger partial charge in [0.2, 0.25) is 11.8 Å². The van der Waals surface area contributed by atoms with Gasteiger partial charge in [-0.1, -0.05) is 30.3 Å². The number of carbonyl (C=O) groups is 4. The van der Waals surface area contributed by atoms with E-state index in [-0.39, 0.29) is 12.3 Å². The van der Waals surface area contributed by atoms with Crippen LogP contribution in [0.15, 0.2) is 30.3 Å². The zero-order valence-corrected chi connectivity index (χ0v) is 13.9. The summed E-state index contributed by atoms with van der Waals surface area (Å²) in [5.41, 5.74) is 8.70. The summed E-state index contributed by atoms with van der Waals surface area (Å²) < 4.78 is 4.32. The van der Waals surface area contributed by atoms with Crippen LogP contribution in [-0.2, 0) is 30.3 Å². The van der Waals surface area contributed by atoms with Crippen molar-refractivity contribution < 1.29 is 28.7 Å². The van der Waals surface area contributed by atoms with E-state index in [0.29, 0.717) is 11.8 Å². The van der Waals surface area contributed by atoms with Gasteiger partial charge in [-0.3, -0.25) is 14.4 Å². The maximum atomic E-state index is 12.0. The van der Waals surface area contributed by atoms with E-state index in [1.807, 2.05) is 6.07 Å². The molecule has 2 atom stereocenters. The summed E-state index contributed by atoms with van der Waals surface area (Å²) in [7, 11) is 1.03. The first-order chi connectivity index (χ1) is 12.0. The molecule has 0 bridgehead atoms. The molecule has 130 valence electrons. The largest absolute Gasteiger partial charge is 0.460 e. The molecule has 1 saturated heterocycles. The average Bonchev–Trinajstić information content (AvgIpc) is 2.60. The first-order valence-electron chi connectivity index (χ1n) is 7.11. The molecule has 0 unspecified atom stereocenters. The molecule has 0 aliphatic carbocycles. The van der Waals surface area contributed by atoms with E-state index in [4.69, 9.17) is 5.53 Å². The molecule has 2 N–H and O–H groups in total. The molecule has 25 heavy (non-hydrogen) atoms. The van der Waals surface area contributed by atoms with Crippen LogP contribution < -0.4 is 10.6 Å². The number of benzene rings is 1. The van der Waals surface area contributed by atoms with E-state index >= 15 is 0 Å². The van der Waals surface area contributed by atoms with Gasteiger partial charge in [-0.05, 0) is 17.3 Å². The lowest BCUT2D eigenvalue weighted by Gasteiger charge is -2.35. The molecule has 1 aromatic rings. The number of carbonyl (C=O) groups excluding carboxylic acids is 4. The second-order valence-corrected chi connectivity index (χ2v) is 6.10. The number of thioether (sulfide) groups is 1. The fraction of sp³-hybridized carbons (Fsp3) is 0.267. The highest BCUT2D eigenvalue weighted by Crippen LogP contribution is 2.21. The summed E-state index contributed by atoms with van der Waals surface area (Å²) in [6.07, 6.45) is 0.0848. The number of amides is 2. The molecule has 0 aromatic heterocycles. The first-order valence-corrected chi connectivity index (χ1v) is 7.99. The second-order valence-electron chi connectivity index (χ2n) is 4.98. The molecule has 1 aromatic carbocycles. The Labute approximate surface area is 146 Å². The van der Waals surface area contributed by atoms with Gasteiger partial charge in [-0.2, -0.15) is 4.79 Å². The highest BCUT2D eigenvalue weighted by atomic mass is 32.2. The lowest BCUT2D eigenvalue weighted by atomic mass is 10.1. The summed E-state index contributed by atoms with van der Waals surface area (Å²) >= 11 is 0.546. The molecule has 1 aliphatic heterocycles. The Balaban J connectivity index is 1.94. The van der Waals surface area contributed by atoms with Crippen molar-refractivity contribution in [1.29, 1.82) is 0 Å². The third kappa shape index (κ3) is 4.52. The van der Waals surface area contributed by atoms with Gasteiger partial charge in [0, 0.05) is 0 Å². The predicted molar refractivity (Wildman–Crippen MR) is 87.2 cm³/mol. The van der Waals surface area contributed by atoms with Crippen LogP contribution in [-0.4, -0.2) is 51.9 Å². The highest BCUT2D eigenvalue weighted by molar-refractivity contribution is 8.16. The Morgan fingerprint density at radius 3 is 2.56 bits per heavy atom.